The molecule has 218 valence electrons. The van der Waals surface area contributed by atoms with E-state index in [1.807, 2.05) is 44.2 Å². The average Bonchev–Trinajstić information content (AvgIpc) is 3.01. The van der Waals surface area contributed by atoms with Gasteiger partial charge >= 0.3 is 0 Å². The number of rotatable bonds is 11. The Labute approximate surface area is 253 Å². The molecular formula is C33H30N4O5S. The average molecular weight is 595 g/mol. The first kappa shape index (κ1) is 30.7. The van der Waals surface area contributed by atoms with E-state index in [2.05, 4.69) is 16.0 Å². The highest BCUT2D eigenvalue weighted by molar-refractivity contribution is 8.00. The number of para-hydroxylation sites is 1. The van der Waals surface area contributed by atoms with Crippen LogP contribution in [0.2, 0.25) is 0 Å². The van der Waals surface area contributed by atoms with Gasteiger partial charge in [-0.1, -0.05) is 49.4 Å². The third-order valence-electron chi connectivity index (χ3n) is 6.38. The van der Waals surface area contributed by atoms with Crippen LogP contribution in [0, 0.1) is 17.0 Å². The van der Waals surface area contributed by atoms with Gasteiger partial charge in [-0.15, -0.1) is 11.8 Å². The van der Waals surface area contributed by atoms with Crippen molar-refractivity contribution in [3.8, 4) is 0 Å². The minimum Gasteiger partial charge on any atom is -0.325 e. The molecule has 0 aliphatic carbocycles. The van der Waals surface area contributed by atoms with Gasteiger partial charge in [-0.05, 0) is 79.1 Å². The van der Waals surface area contributed by atoms with Gasteiger partial charge in [0, 0.05) is 34.0 Å². The van der Waals surface area contributed by atoms with Crippen molar-refractivity contribution in [1.29, 1.82) is 0 Å². The SMILES string of the molecule is CCC(Sc1cccc(NC(=O)/C(=C\c2ccc([N+](=O)[O-])cc2)NC(=O)c2ccccc2)c1)C(=O)Nc1ccccc1C. The van der Waals surface area contributed by atoms with Crippen LogP contribution in [0.25, 0.3) is 6.08 Å². The van der Waals surface area contributed by atoms with Crippen molar-refractivity contribution in [3.63, 3.8) is 0 Å². The molecule has 0 aliphatic heterocycles. The number of carbonyl (C=O) groups is 3. The second-order valence-electron chi connectivity index (χ2n) is 9.53. The summed E-state index contributed by atoms with van der Waals surface area (Å²) in [7, 11) is 0. The van der Waals surface area contributed by atoms with Crippen LogP contribution in [0.3, 0.4) is 0 Å². The van der Waals surface area contributed by atoms with Gasteiger partial charge in [0.2, 0.25) is 5.91 Å². The fraction of sp³-hybridized carbons (Fsp3) is 0.121. The van der Waals surface area contributed by atoms with E-state index >= 15 is 0 Å². The molecule has 9 nitrogen and oxygen atoms in total. The smallest absolute Gasteiger partial charge is 0.272 e. The Morgan fingerprint density at radius 3 is 2.26 bits per heavy atom. The van der Waals surface area contributed by atoms with Crippen molar-refractivity contribution >= 4 is 52.6 Å². The third-order valence-corrected chi connectivity index (χ3v) is 7.74. The zero-order valence-electron chi connectivity index (χ0n) is 23.6. The minimum atomic E-state index is -0.589. The Kier molecular flexibility index (Phi) is 10.4. The Morgan fingerprint density at radius 2 is 1.58 bits per heavy atom. The maximum absolute atomic E-state index is 13.4. The molecule has 0 aromatic heterocycles. The Hall–Kier alpha value is -5.22. The maximum Gasteiger partial charge on any atom is 0.272 e. The number of nitro benzene ring substituents is 1. The largest absolute Gasteiger partial charge is 0.325 e. The van der Waals surface area contributed by atoms with Crippen molar-refractivity contribution in [3.05, 3.63) is 136 Å². The standard InChI is InChI=1S/C33H30N4O5S/c1-3-30(33(40)35-28-15-8-7-10-22(28)2)43-27-14-9-13-25(21-27)34-32(39)29(36-31(38)24-11-5-4-6-12-24)20-23-16-18-26(19-17-23)37(41)42/h4-21,30H,3H2,1-2H3,(H,34,39)(H,35,40)(H,36,38)/b29-20+. The molecule has 4 aromatic carbocycles. The summed E-state index contributed by atoms with van der Waals surface area (Å²) < 4.78 is 0. The minimum absolute atomic E-state index is 0.0511. The third kappa shape index (κ3) is 8.64. The summed E-state index contributed by atoms with van der Waals surface area (Å²) in [6, 6.07) is 28.7. The number of aryl methyl sites for hydroxylation is 1. The lowest BCUT2D eigenvalue weighted by molar-refractivity contribution is -0.384. The molecule has 0 saturated heterocycles. The lowest BCUT2D eigenvalue weighted by Gasteiger charge is -2.17. The lowest BCUT2D eigenvalue weighted by atomic mass is 10.1. The van der Waals surface area contributed by atoms with Crippen molar-refractivity contribution in [2.75, 3.05) is 10.6 Å². The van der Waals surface area contributed by atoms with E-state index < -0.39 is 16.7 Å². The molecule has 1 unspecified atom stereocenters. The normalized spacial score (nSPS) is 11.7. The summed E-state index contributed by atoms with van der Waals surface area (Å²) in [6.45, 7) is 3.87. The molecule has 0 aliphatic rings. The molecular weight excluding hydrogens is 564 g/mol. The summed E-state index contributed by atoms with van der Waals surface area (Å²) in [5, 5.41) is 19.1. The number of anilines is 2. The molecule has 0 spiro atoms. The van der Waals surface area contributed by atoms with Crippen LogP contribution in [-0.2, 0) is 9.59 Å². The van der Waals surface area contributed by atoms with Gasteiger partial charge in [-0.25, -0.2) is 0 Å². The van der Waals surface area contributed by atoms with Gasteiger partial charge in [0.05, 0.1) is 10.2 Å². The Morgan fingerprint density at radius 1 is 0.884 bits per heavy atom. The van der Waals surface area contributed by atoms with Crippen LogP contribution in [0.4, 0.5) is 17.1 Å². The highest BCUT2D eigenvalue weighted by Gasteiger charge is 2.20. The molecule has 3 amide bonds. The molecule has 0 saturated carbocycles. The zero-order valence-corrected chi connectivity index (χ0v) is 24.4. The number of nitrogens with one attached hydrogen (secondary N) is 3. The Balaban J connectivity index is 1.52. The summed E-state index contributed by atoms with van der Waals surface area (Å²) in [5.41, 5.74) is 2.90. The number of carbonyl (C=O) groups excluding carboxylic acids is 3. The monoisotopic (exact) mass is 594 g/mol. The molecule has 3 N–H and O–H groups in total. The van der Waals surface area contributed by atoms with Crippen molar-refractivity contribution in [2.24, 2.45) is 0 Å². The quantitative estimate of drug-likeness (QED) is 0.0756. The van der Waals surface area contributed by atoms with Gasteiger partial charge in [-0.2, -0.15) is 0 Å². The topological polar surface area (TPSA) is 130 Å². The summed E-state index contributed by atoms with van der Waals surface area (Å²) in [6.07, 6.45) is 2.04. The molecule has 0 bridgehead atoms. The fourth-order valence-corrected chi connectivity index (χ4v) is 5.07. The Bertz CT molecular complexity index is 1660. The molecule has 0 fully saturated rings. The van der Waals surface area contributed by atoms with Crippen LogP contribution < -0.4 is 16.0 Å². The first-order valence-electron chi connectivity index (χ1n) is 13.5. The van der Waals surface area contributed by atoms with Gasteiger partial charge in [0.25, 0.3) is 17.5 Å². The van der Waals surface area contributed by atoms with E-state index in [0.717, 1.165) is 16.1 Å². The van der Waals surface area contributed by atoms with Crippen LogP contribution in [0.15, 0.2) is 114 Å². The molecule has 0 radical (unpaired) electrons. The highest BCUT2D eigenvalue weighted by atomic mass is 32.2. The summed E-state index contributed by atoms with van der Waals surface area (Å²) in [4.78, 5) is 50.6. The molecule has 0 heterocycles. The molecule has 43 heavy (non-hydrogen) atoms. The van der Waals surface area contributed by atoms with Gasteiger partial charge in [-0.3, -0.25) is 24.5 Å². The van der Waals surface area contributed by atoms with E-state index in [1.165, 1.54) is 42.1 Å². The van der Waals surface area contributed by atoms with Gasteiger partial charge in [0.15, 0.2) is 0 Å². The number of non-ortho nitro benzene ring substituents is 1. The van der Waals surface area contributed by atoms with E-state index in [9.17, 15) is 24.5 Å². The second kappa shape index (κ2) is 14.6. The number of nitro groups is 1. The predicted octanol–water partition coefficient (Wildman–Crippen LogP) is 6.82. The van der Waals surface area contributed by atoms with E-state index in [0.29, 0.717) is 23.2 Å². The van der Waals surface area contributed by atoms with Crippen LogP contribution in [0.1, 0.15) is 34.8 Å². The van der Waals surface area contributed by atoms with Crippen molar-refractivity contribution in [2.45, 2.75) is 30.4 Å². The summed E-state index contributed by atoms with van der Waals surface area (Å²) >= 11 is 1.38. The zero-order chi connectivity index (χ0) is 30.8. The van der Waals surface area contributed by atoms with Crippen LogP contribution in [0.5, 0.6) is 0 Å². The number of hydrogen-bond acceptors (Lipinski definition) is 6. The number of nitrogens with zero attached hydrogens (tertiary/aromatic N) is 1. The van der Waals surface area contributed by atoms with E-state index in [4.69, 9.17) is 0 Å². The molecule has 1 atom stereocenters. The van der Waals surface area contributed by atoms with Crippen LogP contribution in [-0.4, -0.2) is 27.9 Å². The lowest BCUT2D eigenvalue weighted by Crippen LogP contribution is -2.30. The number of thioether (sulfide) groups is 1. The predicted molar refractivity (Wildman–Crippen MR) is 170 cm³/mol. The molecule has 4 aromatic rings. The van der Waals surface area contributed by atoms with Gasteiger partial charge in [0.1, 0.15) is 5.70 Å². The molecule has 10 heteroatoms. The number of benzene rings is 4. The van der Waals surface area contributed by atoms with E-state index in [1.54, 1.807) is 48.5 Å². The summed E-state index contributed by atoms with van der Waals surface area (Å²) in [5.74, 6) is -1.19. The first-order valence-corrected chi connectivity index (χ1v) is 14.4. The molecule has 4 rings (SSSR count). The first-order chi connectivity index (χ1) is 20.7. The number of amides is 3. The maximum atomic E-state index is 13.4. The van der Waals surface area contributed by atoms with Crippen LogP contribution >= 0.6 is 11.8 Å². The second-order valence-corrected chi connectivity index (χ2v) is 10.8. The fourth-order valence-electron chi connectivity index (χ4n) is 4.06. The van der Waals surface area contributed by atoms with Crippen molar-refractivity contribution in [1.82, 2.24) is 5.32 Å². The van der Waals surface area contributed by atoms with Gasteiger partial charge < -0.3 is 16.0 Å². The van der Waals surface area contributed by atoms with Crippen molar-refractivity contribution < 1.29 is 19.3 Å². The van der Waals surface area contributed by atoms with E-state index in [-0.39, 0.29) is 22.5 Å². The highest BCUT2D eigenvalue weighted by Crippen LogP contribution is 2.29. The number of hydrogen-bond donors (Lipinski definition) is 3.